The van der Waals surface area contributed by atoms with Gasteiger partial charge in [-0.05, 0) is 37.6 Å². The summed E-state index contributed by atoms with van der Waals surface area (Å²) in [5.41, 5.74) is 2.29. The average Bonchev–Trinajstić information content (AvgIpc) is 2.59. The smallest absolute Gasteiger partial charge is 0.338 e. The Bertz CT molecular complexity index is 523. The van der Waals surface area contributed by atoms with Gasteiger partial charge in [0.1, 0.15) is 11.3 Å². The summed E-state index contributed by atoms with van der Waals surface area (Å²) in [6.07, 6.45) is 0. The Hall–Kier alpha value is -1.77. The highest BCUT2D eigenvalue weighted by molar-refractivity contribution is 5.97. The van der Waals surface area contributed by atoms with Crippen molar-refractivity contribution in [1.82, 2.24) is 0 Å². The number of aryl methyl sites for hydroxylation is 2. The molecule has 0 N–H and O–H groups in total. The van der Waals surface area contributed by atoms with Gasteiger partial charge in [0.05, 0.1) is 12.7 Å². The van der Waals surface area contributed by atoms with Crippen LogP contribution in [0.3, 0.4) is 0 Å². The first-order chi connectivity index (χ1) is 7.13. The third-order valence-corrected chi connectivity index (χ3v) is 2.50. The van der Waals surface area contributed by atoms with E-state index < -0.39 is 0 Å². The van der Waals surface area contributed by atoms with E-state index in [1.54, 1.807) is 12.1 Å². The maximum Gasteiger partial charge on any atom is 0.338 e. The van der Waals surface area contributed by atoms with Gasteiger partial charge in [0, 0.05) is 5.39 Å². The van der Waals surface area contributed by atoms with Crippen LogP contribution in [-0.4, -0.2) is 13.1 Å². The van der Waals surface area contributed by atoms with Gasteiger partial charge in [-0.15, -0.1) is 0 Å². The van der Waals surface area contributed by atoms with Crippen molar-refractivity contribution in [2.45, 2.75) is 13.8 Å². The molecule has 0 bridgehead atoms. The average molecular weight is 204 g/mol. The maximum atomic E-state index is 11.4. The second kappa shape index (κ2) is 3.42. The van der Waals surface area contributed by atoms with Crippen molar-refractivity contribution in [1.29, 1.82) is 0 Å². The van der Waals surface area contributed by atoms with E-state index in [0.717, 1.165) is 22.3 Å². The largest absolute Gasteiger partial charge is 0.465 e. The number of hydrogen-bond acceptors (Lipinski definition) is 3. The molecular weight excluding hydrogens is 192 g/mol. The van der Waals surface area contributed by atoms with Gasteiger partial charge in [0.15, 0.2) is 0 Å². The summed E-state index contributed by atoms with van der Waals surface area (Å²) in [4.78, 5) is 11.4. The molecule has 1 heterocycles. The van der Waals surface area contributed by atoms with Crippen LogP contribution in [-0.2, 0) is 4.74 Å². The normalized spacial score (nSPS) is 10.6. The van der Waals surface area contributed by atoms with Crippen molar-refractivity contribution in [3.63, 3.8) is 0 Å². The maximum absolute atomic E-state index is 11.4. The monoisotopic (exact) mass is 204 g/mol. The van der Waals surface area contributed by atoms with E-state index in [1.165, 1.54) is 7.11 Å². The van der Waals surface area contributed by atoms with Crippen LogP contribution in [0, 0.1) is 13.8 Å². The second-order valence-electron chi connectivity index (χ2n) is 3.50. The van der Waals surface area contributed by atoms with E-state index in [9.17, 15) is 4.79 Å². The van der Waals surface area contributed by atoms with Crippen LogP contribution in [0.5, 0.6) is 0 Å². The van der Waals surface area contributed by atoms with Crippen LogP contribution in [0.2, 0.25) is 0 Å². The zero-order valence-corrected chi connectivity index (χ0v) is 8.96. The molecule has 0 fully saturated rings. The summed E-state index contributed by atoms with van der Waals surface area (Å²) >= 11 is 0. The summed E-state index contributed by atoms with van der Waals surface area (Å²) in [6, 6.07) is 5.45. The summed E-state index contributed by atoms with van der Waals surface area (Å²) in [6.45, 7) is 3.78. The molecule has 78 valence electrons. The van der Waals surface area contributed by atoms with Gasteiger partial charge in [-0.3, -0.25) is 0 Å². The molecule has 0 unspecified atom stereocenters. The molecule has 0 atom stereocenters. The molecule has 0 aliphatic heterocycles. The number of hydrogen-bond donors (Lipinski definition) is 0. The molecular formula is C12H12O3. The lowest BCUT2D eigenvalue weighted by Crippen LogP contribution is -2.03. The van der Waals surface area contributed by atoms with Crippen molar-refractivity contribution in [2.24, 2.45) is 0 Å². The summed E-state index contributed by atoms with van der Waals surface area (Å²) < 4.78 is 10.2. The van der Waals surface area contributed by atoms with Crippen LogP contribution >= 0.6 is 0 Å². The lowest BCUT2D eigenvalue weighted by Gasteiger charge is -2.03. The number of carbonyl (C=O) groups is 1. The first-order valence-corrected chi connectivity index (χ1v) is 4.71. The van der Waals surface area contributed by atoms with Gasteiger partial charge in [-0.25, -0.2) is 4.79 Å². The van der Waals surface area contributed by atoms with Crippen LogP contribution < -0.4 is 0 Å². The van der Waals surface area contributed by atoms with Crippen molar-refractivity contribution in [3.8, 4) is 0 Å². The number of rotatable bonds is 1. The Balaban J connectivity index is 2.69. The van der Waals surface area contributed by atoms with Gasteiger partial charge in [-0.2, -0.15) is 0 Å². The molecule has 2 aromatic rings. The molecule has 0 saturated carbocycles. The Morgan fingerprint density at radius 1 is 1.33 bits per heavy atom. The summed E-state index contributed by atoms with van der Waals surface area (Å²) in [5, 5.41) is 0.968. The zero-order chi connectivity index (χ0) is 11.0. The van der Waals surface area contributed by atoms with Crippen molar-refractivity contribution in [3.05, 3.63) is 35.1 Å². The lowest BCUT2D eigenvalue weighted by molar-refractivity contribution is 0.0600. The van der Waals surface area contributed by atoms with Gasteiger partial charge in [0.2, 0.25) is 0 Å². The van der Waals surface area contributed by atoms with Crippen molar-refractivity contribution >= 4 is 16.9 Å². The Morgan fingerprint density at radius 3 is 2.73 bits per heavy atom. The Labute approximate surface area is 87.6 Å². The van der Waals surface area contributed by atoms with E-state index in [0.29, 0.717) is 5.56 Å². The predicted molar refractivity (Wildman–Crippen MR) is 57.0 cm³/mol. The number of methoxy groups -OCH3 is 1. The molecule has 2 rings (SSSR count). The topological polar surface area (TPSA) is 39.4 Å². The second-order valence-corrected chi connectivity index (χ2v) is 3.50. The third-order valence-electron chi connectivity index (χ3n) is 2.50. The SMILES string of the molecule is COC(=O)c1ccc2oc(C)cc2c1C. The zero-order valence-electron chi connectivity index (χ0n) is 8.96. The molecule has 0 aliphatic carbocycles. The Kier molecular flexibility index (Phi) is 2.23. The minimum atomic E-state index is -0.312. The molecule has 1 aromatic carbocycles. The molecule has 0 radical (unpaired) electrons. The van der Waals surface area contributed by atoms with Crippen molar-refractivity contribution in [2.75, 3.05) is 7.11 Å². The molecule has 3 heteroatoms. The first-order valence-electron chi connectivity index (χ1n) is 4.71. The van der Waals surface area contributed by atoms with Gasteiger partial charge in [0.25, 0.3) is 0 Å². The van der Waals surface area contributed by atoms with E-state index in [-0.39, 0.29) is 5.97 Å². The number of benzene rings is 1. The highest BCUT2D eigenvalue weighted by atomic mass is 16.5. The minimum Gasteiger partial charge on any atom is -0.465 e. The number of fused-ring (bicyclic) bond motifs is 1. The standard InChI is InChI=1S/C12H12O3/c1-7-6-10-8(2)9(12(13)14-3)4-5-11(10)15-7/h4-6H,1-3H3. The quantitative estimate of drug-likeness (QED) is 0.670. The van der Waals surface area contributed by atoms with E-state index in [4.69, 9.17) is 9.15 Å². The number of esters is 1. The highest BCUT2D eigenvalue weighted by Crippen LogP contribution is 2.25. The van der Waals surface area contributed by atoms with Crippen molar-refractivity contribution < 1.29 is 13.9 Å². The van der Waals surface area contributed by atoms with Crippen LogP contribution in [0.4, 0.5) is 0 Å². The van der Waals surface area contributed by atoms with Crippen LogP contribution in [0.25, 0.3) is 11.0 Å². The fourth-order valence-corrected chi connectivity index (χ4v) is 1.71. The predicted octanol–water partition coefficient (Wildman–Crippen LogP) is 2.84. The molecule has 3 nitrogen and oxygen atoms in total. The first kappa shape index (κ1) is 9.77. The minimum absolute atomic E-state index is 0.312. The van der Waals surface area contributed by atoms with E-state index >= 15 is 0 Å². The molecule has 15 heavy (non-hydrogen) atoms. The van der Waals surface area contributed by atoms with E-state index in [2.05, 4.69) is 0 Å². The molecule has 1 aromatic heterocycles. The summed E-state index contributed by atoms with van der Waals surface area (Å²) in [7, 11) is 1.38. The molecule has 0 spiro atoms. The third kappa shape index (κ3) is 1.50. The van der Waals surface area contributed by atoms with Gasteiger partial charge in [-0.1, -0.05) is 0 Å². The van der Waals surface area contributed by atoms with Crippen LogP contribution in [0.1, 0.15) is 21.7 Å². The fraction of sp³-hybridized carbons (Fsp3) is 0.250. The Morgan fingerprint density at radius 2 is 2.07 bits per heavy atom. The molecule has 0 amide bonds. The molecule has 0 saturated heterocycles. The van der Waals surface area contributed by atoms with Crippen LogP contribution in [0.15, 0.2) is 22.6 Å². The van der Waals surface area contributed by atoms with Gasteiger partial charge >= 0.3 is 5.97 Å². The van der Waals surface area contributed by atoms with E-state index in [1.807, 2.05) is 19.9 Å². The molecule has 0 aliphatic rings. The highest BCUT2D eigenvalue weighted by Gasteiger charge is 2.13. The number of ether oxygens (including phenoxy) is 1. The fourth-order valence-electron chi connectivity index (χ4n) is 1.71. The number of carbonyl (C=O) groups excluding carboxylic acids is 1. The number of furan rings is 1. The lowest BCUT2D eigenvalue weighted by atomic mass is 10.0. The van der Waals surface area contributed by atoms with Gasteiger partial charge < -0.3 is 9.15 Å². The summed E-state index contributed by atoms with van der Waals surface area (Å²) in [5.74, 6) is 0.531.